The second-order valence-corrected chi connectivity index (χ2v) is 10.0. The molecule has 0 aliphatic carbocycles. The predicted molar refractivity (Wildman–Crippen MR) is 114 cm³/mol. The molecule has 0 aliphatic heterocycles. The van der Waals surface area contributed by atoms with Crippen LogP contribution in [0.2, 0.25) is 5.02 Å². The fourth-order valence-electron chi connectivity index (χ4n) is 2.45. The third-order valence-corrected chi connectivity index (χ3v) is 7.12. The summed E-state index contributed by atoms with van der Waals surface area (Å²) in [4.78, 5) is 4.01. The fraction of sp³-hybridized carbons (Fsp3) is 0.105. The number of hydrogen-bond donors (Lipinski definition) is 2. The van der Waals surface area contributed by atoms with Gasteiger partial charge in [0.1, 0.15) is 12.4 Å². The Hall–Kier alpha value is -2.66. The summed E-state index contributed by atoms with van der Waals surface area (Å²) in [5.41, 5.74) is 0.958. The number of anilines is 1. The normalized spacial score (nSPS) is 11.8. The lowest BCUT2D eigenvalue weighted by Crippen LogP contribution is -2.19. The number of sulfonamides is 2. The van der Waals surface area contributed by atoms with Gasteiger partial charge >= 0.3 is 0 Å². The number of ether oxygens (including phenoxy) is 1. The molecule has 0 aliphatic rings. The van der Waals surface area contributed by atoms with Crippen molar-refractivity contribution in [3.05, 3.63) is 77.6 Å². The van der Waals surface area contributed by atoms with E-state index in [1.165, 1.54) is 43.4 Å². The van der Waals surface area contributed by atoms with Gasteiger partial charge in [0.05, 0.1) is 26.2 Å². The standard InChI is InChI=1S/C19H18ClN3O5S2/c1-21-29(24,25)16-6-8-17(9-7-16)30(26,27)23-14-5-10-19(18(20)12-14)28-13-15-4-2-3-11-22-15/h2-12,21,23H,13H2,1H3. The molecule has 0 bridgehead atoms. The summed E-state index contributed by atoms with van der Waals surface area (Å²) < 4.78 is 58.9. The summed E-state index contributed by atoms with van der Waals surface area (Å²) in [6.07, 6.45) is 1.65. The van der Waals surface area contributed by atoms with Crippen molar-refractivity contribution in [3.8, 4) is 5.75 Å². The van der Waals surface area contributed by atoms with Crippen molar-refractivity contribution in [2.45, 2.75) is 16.4 Å². The molecule has 0 radical (unpaired) electrons. The number of nitrogens with zero attached hydrogens (tertiary/aromatic N) is 1. The largest absolute Gasteiger partial charge is 0.486 e. The first-order valence-electron chi connectivity index (χ1n) is 8.60. The molecule has 0 atom stereocenters. The van der Waals surface area contributed by atoms with Crippen LogP contribution in [0.5, 0.6) is 5.75 Å². The summed E-state index contributed by atoms with van der Waals surface area (Å²) in [6, 6.07) is 14.8. The first-order valence-corrected chi connectivity index (χ1v) is 11.9. The summed E-state index contributed by atoms with van der Waals surface area (Å²) in [5, 5.41) is 0.224. The maximum absolute atomic E-state index is 12.6. The Balaban J connectivity index is 1.73. The van der Waals surface area contributed by atoms with E-state index < -0.39 is 20.0 Å². The number of benzene rings is 2. The summed E-state index contributed by atoms with van der Waals surface area (Å²) in [5.74, 6) is 0.381. The van der Waals surface area contributed by atoms with Crippen LogP contribution in [-0.4, -0.2) is 28.9 Å². The van der Waals surface area contributed by atoms with Crippen LogP contribution in [0.1, 0.15) is 5.69 Å². The second kappa shape index (κ2) is 9.00. The third-order valence-electron chi connectivity index (χ3n) is 4.00. The minimum Gasteiger partial charge on any atom is -0.486 e. The Morgan fingerprint density at radius 3 is 2.17 bits per heavy atom. The van der Waals surface area contributed by atoms with Crippen molar-refractivity contribution in [3.63, 3.8) is 0 Å². The SMILES string of the molecule is CNS(=O)(=O)c1ccc(S(=O)(=O)Nc2ccc(OCc3ccccn3)c(Cl)c2)cc1. The smallest absolute Gasteiger partial charge is 0.261 e. The van der Waals surface area contributed by atoms with E-state index in [4.69, 9.17) is 16.3 Å². The monoisotopic (exact) mass is 467 g/mol. The topological polar surface area (TPSA) is 114 Å². The zero-order valence-electron chi connectivity index (χ0n) is 15.7. The van der Waals surface area contributed by atoms with E-state index in [0.717, 1.165) is 5.69 Å². The van der Waals surface area contributed by atoms with Gasteiger partial charge in [0.15, 0.2) is 0 Å². The quantitative estimate of drug-likeness (QED) is 0.526. The molecule has 0 fully saturated rings. The van der Waals surface area contributed by atoms with Gasteiger partial charge in [0, 0.05) is 6.20 Å². The number of pyridine rings is 1. The predicted octanol–water partition coefficient (Wildman–Crippen LogP) is 3.02. The highest BCUT2D eigenvalue weighted by molar-refractivity contribution is 7.92. The number of halogens is 1. The lowest BCUT2D eigenvalue weighted by Gasteiger charge is -2.12. The molecule has 3 aromatic rings. The van der Waals surface area contributed by atoms with E-state index in [9.17, 15) is 16.8 Å². The molecule has 1 aromatic heterocycles. The van der Waals surface area contributed by atoms with Gasteiger partial charge in [-0.3, -0.25) is 9.71 Å². The van der Waals surface area contributed by atoms with Gasteiger partial charge in [-0.2, -0.15) is 0 Å². The number of rotatable bonds is 8. The van der Waals surface area contributed by atoms with Gasteiger partial charge in [-0.1, -0.05) is 17.7 Å². The van der Waals surface area contributed by atoms with E-state index in [0.29, 0.717) is 5.75 Å². The van der Waals surface area contributed by atoms with E-state index in [2.05, 4.69) is 14.4 Å². The molecular formula is C19H18ClN3O5S2. The van der Waals surface area contributed by atoms with Crippen LogP contribution in [0.15, 0.2) is 76.7 Å². The number of hydrogen-bond acceptors (Lipinski definition) is 6. The molecule has 0 unspecified atom stereocenters. The lowest BCUT2D eigenvalue weighted by molar-refractivity contribution is 0.301. The minimum absolute atomic E-state index is 0.0404. The second-order valence-electron chi connectivity index (χ2n) is 6.04. The molecule has 2 aromatic carbocycles. The van der Waals surface area contributed by atoms with Crippen molar-refractivity contribution in [2.75, 3.05) is 11.8 Å². The van der Waals surface area contributed by atoms with Crippen molar-refractivity contribution >= 4 is 37.3 Å². The molecule has 3 rings (SSSR count). The van der Waals surface area contributed by atoms with E-state index in [1.807, 2.05) is 12.1 Å². The molecule has 0 amide bonds. The number of nitrogens with one attached hydrogen (secondary N) is 2. The zero-order chi connectivity index (χ0) is 21.8. The molecule has 11 heteroatoms. The van der Waals surface area contributed by atoms with Crippen molar-refractivity contribution in [1.29, 1.82) is 0 Å². The van der Waals surface area contributed by atoms with Crippen LogP contribution >= 0.6 is 11.6 Å². The Bertz CT molecular complexity index is 1230. The zero-order valence-corrected chi connectivity index (χ0v) is 18.1. The van der Waals surface area contributed by atoms with E-state index >= 15 is 0 Å². The summed E-state index contributed by atoms with van der Waals surface area (Å²) in [7, 11) is -6.33. The highest BCUT2D eigenvalue weighted by Crippen LogP contribution is 2.29. The Morgan fingerprint density at radius 1 is 0.933 bits per heavy atom. The van der Waals surface area contributed by atoms with Crippen LogP contribution in [0, 0.1) is 0 Å². The molecule has 30 heavy (non-hydrogen) atoms. The lowest BCUT2D eigenvalue weighted by atomic mass is 10.3. The van der Waals surface area contributed by atoms with Crippen LogP contribution in [0.4, 0.5) is 5.69 Å². The van der Waals surface area contributed by atoms with Crippen LogP contribution in [0.3, 0.4) is 0 Å². The van der Waals surface area contributed by atoms with Crippen molar-refractivity contribution in [2.24, 2.45) is 0 Å². The average molecular weight is 468 g/mol. The molecule has 0 spiro atoms. The molecule has 2 N–H and O–H groups in total. The summed E-state index contributed by atoms with van der Waals surface area (Å²) >= 11 is 6.20. The van der Waals surface area contributed by atoms with Crippen LogP contribution < -0.4 is 14.2 Å². The molecule has 158 valence electrons. The molecular weight excluding hydrogens is 450 g/mol. The first kappa shape index (κ1) is 22.0. The van der Waals surface area contributed by atoms with Gasteiger partial charge in [0.2, 0.25) is 10.0 Å². The van der Waals surface area contributed by atoms with E-state index in [1.54, 1.807) is 18.3 Å². The Kier molecular flexibility index (Phi) is 6.61. The fourth-order valence-corrected chi connectivity index (χ4v) is 4.46. The first-order chi connectivity index (χ1) is 14.2. The van der Waals surface area contributed by atoms with Gasteiger partial charge in [-0.15, -0.1) is 0 Å². The summed E-state index contributed by atoms with van der Waals surface area (Å²) in [6.45, 7) is 0.216. The molecule has 1 heterocycles. The van der Waals surface area contributed by atoms with Gasteiger partial charge in [-0.05, 0) is 61.6 Å². The molecule has 0 saturated carbocycles. The van der Waals surface area contributed by atoms with Gasteiger partial charge in [-0.25, -0.2) is 21.6 Å². The minimum atomic E-state index is -3.94. The van der Waals surface area contributed by atoms with Crippen molar-refractivity contribution in [1.82, 2.24) is 9.71 Å². The van der Waals surface area contributed by atoms with E-state index in [-0.39, 0.29) is 27.1 Å². The molecule has 0 saturated heterocycles. The third kappa shape index (κ3) is 5.28. The average Bonchev–Trinajstić information content (AvgIpc) is 2.74. The van der Waals surface area contributed by atoms with Crippen LogP contribution in [-0.2, 0) is 26.7 Å². The Labute approximate surface area is 180 Å². The Morgan fingerprint density at radius 2 is 1.60 bits per heavy atom. The maximum Gasteiger partial charge on any atom is 0.261 e. The maximum atomic E-state index is 12.6. The van der Waals surface area contributed by atoms with Crippen molar-refractivity contribution < 1.29 is 21.6 Å². The highest BCUT2D eigenvalue weighted by Gasteiger charge is 2.17. The van der Waals surface area contributed by atoms with Crippen LogP contribution in [0.25, 0.3) is 0 Å². The van der Waals surface area contributed by atoms with Gasteiger partial charge in [0.25, 0.3) is 10.0 Å². The van der Waals surface area contributed by atoms with Gasteiger partial charge < -0.3 is 4.74 Å². The number of aromatic nitrogens is 1. The highest BCUT2D eigenvalue weighted by atomic mass is 35.5. The molecule has 8 nitrogen and oxygen atoms in total.